The molecule has 2 aliphatic carbocycles. The van der Waals surface area contributed by atoms with Gasteiger partial charge in [-0.3, -0.25) is 14.6 Å². The second kappa shape index (κ2) is 5.86. The van der Waals surface area contributed by atoms with Gasteiger partial charge in [0, 0.05) is 24.7 Å². The molecule has 0 bridgehead atoms. The van der Waals surface area contributed by atoms with E-state index >= 15 is 0 Å². The molecule has 24 heavy (non-hydrogen) atoms. The lowest BCUT2D eigenvalue weighted by atomic mass is 10.3. The Labute approximate surface area is 138 Å². The highest BCUT2D eigenvalue weighted by Gasteiger charge is 2.29. The lowest BCUT2D eigenvalue weighted by Crippen LogP contribution is -2.22. The van der Waals surface area contributed by atoms with Crippen molar-refractivity contribution in [3.63, 3.8) is 0 Å². The number of amides is 1. The number of nitrogens with zero attached hydrogens (tertiary/aromatic N) is 3. The molecule has 0 radical (unpaired) electrons. The van der Waals surface area contributed by atoms with E-state index in [-0.39, 0.29) is 18.1 Å². The van der Waals surface area contributed by atoms with Crippen LogP contribution in [-0.4, -0.2) is 39.4 Å². The molecule has 126 valence electrons. The predicted octanol–water partition coefficient (Wildman–Crippen LogP) is 0.907. The van der Waals surface area contributed by atoms with Gasteiger partial charge in [0.05, 0.1) is 11.4 Å². The van der Waals surface area contributed by atoms with E-state index < -0.39 is 0 Å². The van der Waals surface area contributed by atoms with Crippen molar-refractivity contribution in [3.8, 4) is 5.95 Å². The van der Waals surface area contributed by atoms with Crippen molar-refractivity contribution in [2.24, 2.45) is 0 Å². The summed E-state index contributed by atoms with van der Waals surface area (Å²) in [5.41, 5.74) is 2.38. The first-order valence-corrected chi connectivity index (χ1v) is 8.17. The largest absolute Gasteiger partial charge is 0.375 e. The summed E-state index contributed by atoms with van der Waals surface area (Å²) in [6.45, 7) is -0.0436. The highest BCUT2D eigenvalue weighted by molar-refractivity contribution is 5.91. The van der Waals surface area contributed by atoms with Crippen molar-refractivity contribution < 1.29 is 9.53 Å². The molecule has 2 heterocycles. The number of nitrogens with one attached hydrogen (secondary N) is 2. The summed E-state index contributed by atoms with van der Waals surface area (Å²) in [6, 6.07) is 1.85. The summed E-state index contributed by atoms with van der Waals surface area (Å²) in [5, 5.41) is 7.33. The van der Waals surface area contributed by atoms with Gasteiger partial charge in [-0.25, -0.2) is 4.98 Å². The second-order valence-corrected chi connectivity index (χ2v) is 6.29. The maximum Gasteiger partial charge on any atom is 0.255 e. The summed E-state index contributed by atoms with van der Waals surface area (Å²) in [5.74, 6) is 0.996. The molecule has 0 unspecified atom stereocenters. The Hall–Kier alpha value is -2.48. The smallest absolute Gasteiger partial charge is 0.255 e. The quantitative estimate of drug-likeness (QED) is 0.849. The summed E-state index contributed by atoms with van der Waals surface area (Å²) in [7, 11) is 1.46. The van der Waals surface area contributed by atoms with Crippen LogP contribution in [0.4, 0.5) is 5.82 Å². The van der Waals surface area contributed by atoms with Gasteiger partial charge < -0.3 is 10.1 Å². The molecule has 1 amide bonds. The normalized spacial score (nSPS) is 16.2. The Kier molecular flexibility index (Phi) is 3.68. The van der Waals surface area contributed by atoms with E-state index in [2.05, 4.69) is 20.4 Å². The minimum absolute atomic E-state index is 0.0436. The van der Waals surface area contributed by atoms with Gasteiger partial charge in [-0.05, 0) is 32.1 Å². The Morgan fingerprint density at radius 2 is 2.29 bits per heavy atom. The standard InChI is InChI=1S/C16H19N5O3/c1-24-8-14(22)18-13-7-12(9-5-6-9)20-21(13)16-17-11-4-2-3-10(11)15(23)19-16/h7,9H,2-6,8H2,1H3,(H,18,22)(H,17,19,23). The maximum atomic E-state index is 12.3. The molecule has 0 aliphatic heterocycles. The average molecular weight is 329 g/mol. The minimum atomic E-state index is -0.274. The van der Waals surface area contributed by atoms with Crippen LogP contribution in [0.5, 0.6) is 0 Å². The number of hydrogen-bond acceptors (Lipinski definition) is 5. The van der Waals surface area contributed by atoms with E-state index in [1.54, 1.807) is 0 Å². The SMILES string of the molecule is COCC(=O)Nc1cc(C2CC2)nn1-c1nc2c(c(=O)[nH]1)CCC2. The van der Waals surface area contributed by atoms with Crippen molar-refractivity contribution in [2.45, 2.75) is 38.0 Å². The number of aromatic nitrogens is 4. The van der Waals surface area contributed by atoms with Crippen molar-refractivity contribution >= 4 is 11.7 Å². The number of H-pyrrole nitrogens is 1. The van der Waals surface area contributed by atoms with Gasteiger partial charge in [0.15, 0.2) is 0 Å². The van der Waals surface area contributed by atoms with E-state index in [0.29, 0.717) is 17.7 Å². The van der Waals surface area contributed by atoms with E-state index in [9.17, 15) is 9.59 Å². The van der Waals surface area contributed by atoms with Crippen molar-refractivity contribution in [3.05, 3.63) is 33.4 Å². The molecular formula is C16H19N5O3. The summed E-state index contributed by atoms with van der Waals surface area (Å²) < 4.78 is 6.37. The molecule has 0 saturated heterocycles. The van der Waals surface area contributed by atoms with Crippen LogP contribution in [0.1, 0.15) is 42.1 Å². The fourth-order valence-electron chi connectivity index (χ4n) is 3.07. The molecule has 2 aromatic heterocycles. The van der Waals surface area contributed by atoms with E-state index in [1.807, 2.05) is 6.07 Å². The maximum absolute atomic E-state index is 12.3. The number of ether oxygens (including phenoxy) is 1. The third kappa shape index (κ3) is 2.73. The van der Waals surface area contributed by atoms with Crippen LogP contribution < -0.4 is 10.9 Å². The molecule has 0 spiro atoms. The molecule has 1 saturated carbocycles. The van der Waals surface area contributed by atoms with Gasteiger partial charge in [-0.2, -0.15) is 9.78 Å². The molecule has 4 rings (SSSR count). The molecule has 0 aromatic carbocycles. The lowest BCUT2D eigenvalue weighted by molar-refractivity contribution is -0.119. The first kappa shape index (κ1) is 15.1. The topological polar surface area (TPSA) is 102 Å². The average Bonchev–Trinajstić information content (AvgIpc) is 3.13. The number of methoxy groups -OCH3 is 1. The minimum Gasteiger partial charge on any atom is -0.375 e. The van der Waals surface area contributed by atoms with Crippen LogP contribution >= 0.6 is 0 Å². The van der Waals surface area contributed by atoms with Gasteiger partial charge in [-0.1, -0.05) is 0 Å². The fourth-order valence-corrected chi connectivity index (χ4v) is 3.07. The number of rotatable bonds is 5. The van der Waals surface area contributed by atoms with E-state index in [0.717, 1.165) is 49.1 Å². The monoisotopic (exact) mass is 329 g/mol. The number of carbonyl (C=O) groups is 1. The molecule has 1 fully saturated rings. The van der Waals surface area contributed by atoms with Gasteiger partial charge in [0.25, 0.3) is 11.5 Å². The third-order valence-electron chi connectivity index (χ3n) is 4.40. The summed E-state index contributed by atoms with van der Waals surface area (Å²) >= 11 is 0. The fraction of sp³-hybridized carbons (Fsp3) is 0.500. The summed E-state index contributed by atoms with van der Waals surface area (Å²) in [6.07, 6.45) is 4.70. The lowest BCUT2D eigenvalue weighted by Gasteiger charge is -2.08. The van der Waals surface area contributed by atoms with Gasteiger partial charge in [0.2, 0.25) is 5.95 Å². The van der Waals surface area contributed by atoms with Crippen LogP contribution in [0.3, 0.4) is 0 Å². The van der Waals surface area contributed by atoms with Crippen molar-refractivity contribution in [1.82, 2.24) is 19.7 Å². The zero-order valence-corrected chi connectivity index (χ0v) is 13.5. The molecule has 2 N–H and O–H groups in total. The van der Waals surface area contributed by atoms with Gasteiger partial charge >= 0.3 is 0 Å². The molecule has 8 heteroatoms. The number of aryl methyl sites for hydroxylation is 1. The zero-order valence-electron chi connectivity index (χ0n) is 13.5. The van der Waals surface area contributed by atoms with Gasteiger partial charge in [0.1, 0.15) is 12.4 Å². The van der Waals surface area contributed by atoms with Crippen LogP contribution in [-0.2, 0) is 22.4 Å². The zero-order chi connectivity index (χ0) is 16.7. The number of anilines is 1. The second-order valence-electron chi connectivity index (χ2n) is 6.29. The molecule has 2 aliphatic rings. The number of hydrogen-bond donors (Lipinski definition) is 2. The van der Waals surface area contributed by atoms with E-state index in [4.69, 9.17) is 4.74 Å². The first-order chi connectivity index (χ1) is 11.7. The Balaban J connectivity index is 1.75. The molecule has 2 aromatic rings. The van der Waals surface area contributed by atoms with Crippen LogP contribution in [0.25, 0.3) is 5.95 Å². The van der Waals surface area contributed by atoms with Crippen LogP contribution in [0, 0.1) is 0 Å². The Morgan fingerprint density at radius 3 is 3.04 bits per heavy atom. The van der Waals surface area contributed by atoms with Crippen molar-refractivity contribution in [1.29, 1.82) is 0 Å². The molecule has 0 atom stereocenters. The highest BCUT2D eigenvalue weighted by atomic mass is 16.5. The van der Waals surface area contributed by atoms with Crippen LogP contribution in [0.15, 0.2) is 10.9 Å². The van der Waals surface area contributed by atoms with Crippen LogP contribution in [0.2, 0.25) is 0 Å². The predicted molar refractivity (Wildman–Crippen MR) is 86.5 cm³/mol. The third-order valence-corrected chi connectivity index (χ3v) is 4.40. The summed E-state index contributed by atoms with van der Waals surface area (Å²) in [4.78, 5) is 31.5. The molecular weight excluding hydrogens is 310 g/mol. The Morgan fingerprint density at radius 1 is 1.46 bits per heavy atom. The Bertz CT molecular complexity index is 850. The van der Waals surface area contributed by atoms with Gasteiger partial charge in [-0.15, -0.1) is 0 Å². The van der Waals surface area contributed by atoms with E-state index in [1.165, 1.54) is 11.8 Å². The highest BCUT2D eigenvalue weighted by Crippen LogP contribution is 2.40. The number of carbonyl (C=O) groups excluding carboxylic acids is 1. The number of aromatic amines is 1. The first-order valence-electron chi connectivity index (χ1n) is 8.17. The number of fused-ring (bicyclic) bond motifs is 1. The molecule has 8 nitrogen and oxygen atoms in total. The van der Waals surface area contributed by atoms with Crippen molar-refractivity contribution in [2.75, 3.05) is 19.0 Å².